The van der Waals surface area contributed by atoms with Crippen molar-refractivity contribution in [2.75, 3.05) is 11.4 Å². The first-order valence-corrected chi connectivity index (χ1v) is 13.6. The zero-order valence-corrected chi connectivity index (χ0v) is 21.1. The predicted molar refractivity (Wildman–Crippen MR) is 139 cm³/mol. The van der Waals surface area contributed by atoms with Crippen molar-refractivity contribution in [1.29, 1.82) is 5.26 Å². The summed E-state index contributed by atoms with van der Waals surface area (Å²) >= 11 is 0. The number of pyridine rings is 2. The Balaban J connectivity index is 1.36. The van der Waals surface area contributed by atoms with E-state index in [2.05, 4.69) is 22.9 Å². The number of hydrogen-bond donors (Lipinski definition) is 1. The zero-order valence-electron chi connectivity index (χ0n) is 20.3. The van der Waals surface area contributed by atoms with Crippen LogP contribution in [0.15, 0.2) is 60.0 Å². The van der Waals surface area contributed by atoms with E-state index in [1.165, 1.54) is 6.08 Å². The standard InChI is InChI=1S/C27H25N5O4S/c1-3-26(2)25(27(9-10-27)37(26,35)36)32-13-12-31-21-19(8-11-29-22(21)32)14-20(24(31)34)23(33)30-16-18-6-4-17(15-28)5-7-18/h3-8,11,14,25H,1,9-10,12-13,16H2,2H3,(H,30,33). The highest BCUT2D eigenvalue weighted by Crippen LogP contribution is 2.65. The lowest BCUT2D eigenvalue weighted by Gasteiger charge is -2.57. The van der Waals surface area contributed by atoms with Crippen LogP contribution in [0.5, 0.6) is 0 Å². The Kier molecular flexibility index (Phi) is 4.92. The molecule has 1 saturated heterocycles. The van der Waals surface area contributed by atoms with Gasteiger partial charge < -0.3 is 14.8 Å². The molecule has 2 fully saturated rings. The van der Waals surface area contributed by atoms with Gasteiger partial charge in [0.05, 0.1) is 27.9 Å². The van der Waals surface area contributed by atoms with Crippen LogP contribution >= 0.6 is 0 Å². The Morgan fingerprint density at radius 2 is 2.00 bits per heavy atom. The van der Waals surface area contributed by atoms with Crippen LogP contribution in [-0.4, -0.2) is 46.0 Å². The van der Waals surface area contributed by atoms with Crippen LogP contribution in [0.25, 0.3) is 10.9 Å². The van der Waals surface area contributed by atoms with Gasteiger partial charge in [-0.15, -0.1) is 6.58 Å². The number of nitriles is 1. The molecule has 1 saturated carbocycles. The molecular weight excluding hydrogens is 490 g/mol. The quantitative estimate of drug-likeness (QED) is 0.517. The van der Waals surface area contributed by atoms with Gasteiger partial charge in [0.1, 0.15) is 10.3 Å². The van der Waals surface area contributed by atoms with Crippen LogP contribution in [0.3, 0.4) is 0 Å². The van der Waals surface area contributed by atoms with Crippen molar-refractivity contribution in [1.82, 2.24) is 14.9 Å². The Hall–Kier alpha value is -3.97. The number of carbonyl (C=O) groups is 1. The van der Waals surface area contributed by atoms with E-state index in [1.807, 2.05) is 4.90 Å². The molecule has 10 heteroatoms. The predicted octanol–water partition coefficient (Wildman–Crippen LogP) is 2.29. The number of hydrogen-bond acceptors (Lipinski definition) is 7. The van der Waals surface area contributed by atoms with Gasteiger partial charge in [0.2, 0.25) is 0 Å². The highest BCUT2D eigenvalue weighted by molar-refractivity contribution is 7.96. The van der Waals surface area contributed by atoms with Gasteiger partial charge in [-0.2, -0.15) is 5.26 Å². The van der Waals surface area contributed by atoms with Gasteiger partial charge in [0, 0.05) is 31.2 Å². The third-order valence-corrected chi connectivity index (χ3v) is 11.5. The van der Waals surface area contributed by atoms with E-state index in [4.69, 9.17) is 5.26 Å². The Morgan fingerprint density at radius 3 is 2.65 bits per heavy atom. The van der Waals surface area contributed by atoms with Gasteiger partial charge in [0.25, 0.3) is 11.5 Å². The van der Waals surface area contributed by atoms with Crippen molar-refractivity contribution >= 4 is 32.5 Å². The Labute approximate surface area is 214 Å². The van der Waals surface area contributed by atoms with Crippen molar-refractivity contribution in [2.45, 2.75) is 48.4 Å². The van der Waals surface area contributed by atoms with Crippen molar-refractivity contribution in [3.63, 3.8) is 0 Å². The molecule has 6 rings (SSSR count). The highest BCUT2D eigenvalue weighted by Gasteiger charge is 2.80. The van der Waals surface area contributed by atoms with Gasteiger partial charge >= 0.3 is 0 Å². The molecule has 2 aliphatic heterocycles. The van der Waals surface area contributed by atoms with Crippen LogP contribution < -0.4 is 15.8 Å². The third-order valence-electron chi connectivity index (χ3n) is 8.21. The van der Waals surface area contributed by atoms with Crippen LogP contribution in [-0.2, 0) is 22.9 Å². The molecule has 1 aromatic carbocycles. The number of nitrogens with one attached hydrogen (secondary N) is 1. The lowest BCUT2D eigenvalue weighted by molar-refractivity contribution is 0.0949. The minimum absolute atomic E-state index is 0.0348. The van der Waals surface area contributed by atoms with Crippen LogP contribution in [0.4, 0.5) is 5.82 Å². The monoisotopic (exact) mass is 515 g/mol. The van der Waals surface area contributed by atoms with Crippen LogP contribution in [0, 0.1) is 11.3 Å². The number of sulfone groups is 1. The van der Waals surface area contributed by atoms with Crippen LogP contribution in [0.1, 0.15) is 41.3 Å². The van der Waals surface area contributed by atoms with E-state index in [0.29, 0.717) is 48.2 Å². The molecule has 37 heavy (non-hydrogen) atoms. The summed E-state index contributed by atoms with van der Waals surface area (Å²) in [6.45, 7) is 6.48. The summed E-state index contributed by atoms with van der Waals surface area (Å²) in [6.07, 6.45) is 4.38. The first-order valence-electron chi connectivity index (χ1n) is 12.1. The first-order chi connectivity index (χ1) is 17.7. The summed E-state index contributed by atoms with van der Waals surface area (Å²) < 4.78 is 26.0. The second-order valence-corrected chi connectivity index (χ2v) is 12.8. The van der Waals surface area contributed by atoms with Gasteiger partial charge in [-0.1, -0.05) is 18.2 Å². The molecule has 2 atom stereocenters. The van der Waals surface area contributed by atoms with Crippen LogP contribution in [0.2, 0.25) is 0 Å². The molecule has 3 aromatic rings. The summed E-state index contributed by atoms with van der Waals surface area (Å²) in [5, 5.41) is 12.4. The highest BCUT2D eigenvalue weighted by atomic mass is 32.2. The molecule has 2 aromatic heterocycles. The summed E-state index contributed by atoms with van der Waals surface area (Å²) in [5.41, 5.74) is 1.57. The summed E-state index contributed by atoms with van der Waals surface area (Å²) in [7, 11) is -3.37. The molecule has 9 nitrogen and oxygen atoms in total. The average molecular weight is 516 g/mol. The number of aromatic nitrogens is 2. The molecule has 1 amide bonds. The second-order valence-electron chi connectivity index (χ2n) is 10.1. The third kappa shape index (κ3) is 3.01. The second kappa shape index (κ2) is 7.76. The fourth-order valence-corrected chi connectivity index (χ4v) is 8.98. The number of benzene rings is 1. The fourth-order valence-electron chi connectivity index (χ4n) is 6.12. The van der Waals surface area contributed by atoms with E-state index in [9.17, 15) is 18.0 Å². The van der Waals surface area contributed by atoms with E-state index in [1.54, 1.807) is 54.1 Å². The topological polar surface area (TPSA) is 125 Å². The van der Waals surface area contributed by atoms with Gasteiger partial charge in [-0.05, 0) is 49.6 Å². The van der Waals surface area contributed by atoms with Gasteiger partial charge in [-0.3, -0.25) is 9.59 Å². The molecule has 1 N–H and O–H groups in total. The molecule has 4 heterocycles. The average Bonchev–Trinajstić information content (AvgIpc) is 3.73. The minimum Gasteiger partial charge on any atom is -0.348 e. The molecule has 2 unspecified atom stereocenters. The fraction of sp³-hybridized carbons (Fsp3) is 0.333. The number of rotatable bonds is 5. The Bertz CT molecular complexity index is 1700. The molecule has 188 valence electrons. The SMILES string of the molecule is C=CC1(C)C(N2CCn3c(=O)c(C(=O)NCc4ccc(C#N)cc4)cc4ccnc2c43)C2(CC2)S1(=O)=O. The molecule has 3 aliphatic rings. The molecule has 0 radical (unpaired) electrons. The number of nitrogens with zero attached hydrogens (tertiary/aromatic N) is 4. The number of carbonyl (C=O) groups excluding carboxylic acids is 1. The summed E-state index contributed by atoms with van der Waals surface area (Å²) in [5.74, 6) is 0.0756. The van der Waals surface area contributed by atoms with Crippen molar-refractivity contribution in [3.05, 3.63) is 82.3 Å². The van der Waals surface area contributed by atoms with Crippen molar-refractivity contribution in [3.8, 4) is 6.07 Å². The van der Waals surface area contributed by atoms with Crippen molar-refractivity contribution in [2.24, 2.45) is 0 Å². The number of amides is 1. The molecule has 0 bridgehead atoms. The lowest BCUT2D eigenvalue weighted by Crippen LogP contribution is -2.76. The summed E-state index contributed by atoms with van der Waals surface area (Å²) in [6, 6.07) is 11.9. The van der Waals surface area contributed by atoms with E-state index in [0.717, 1.165) is 5.56 Å². The molecular formula is C27H25N5O4S. The van der Waals surface area contributed by atoms with Gasteiger partial charge in [-0.25, -0.2) is 13.4 Å². The van der Waals surface area contributed by atoms with Gasteiger partial charge in [0.15, 0.2) is 15.7 Å². The maximum atomic E-state index is 13.4. The smallest absolute Gasteiger partial charge is 0.264 e. The van der Waals surface area contributed by atoms with E-state index >= 15 is 0 Å². The Morgan fingerprint density at radius 1 is 1.27 bits per heavy atom. The first kappa shape index (κ1) is 23.4. The summed E-state index contributed by atoms with van der Waals surface area (Å²) in [4.78, 5) is 33.1. The van der Waals surface area contributed by atoms with E-state index < -0.39 is 30.8 Å². The lowest BCUT2D eigenvalue weighted by atomic mass is 9.91. The maximum absolute atomic E-state index is 13.4. The zero-order chi connectivity index (χ0) is 26.2. The molecule has 1 spiro atoms. The minimum atomic E-state index is -3.37. The number of anilines is 1. The normalized spacial score (nSPS) is 24.2. The maximum Gasteiger partial charge on any atom is 0.264 e. The van der Waals surface area contributed by atoms with Crippen molar-refractivity contribution < 1.29 is 13.2 Å². The largest absolute Gasteiger partial charge is 0.348 e. The molecule has 1 aliphatic carbocycles. The van der Waals surface area contributed by atoms with E-state index in [-0.39, 0.29) is 18.2 Å².